The molecule has 1 aliphatic rings. The van der Waals surface area contributed by atoms with Crippen molar-refractivity contribution in [1.29, 1.82) is 0 Å². The van der Waals surface area contributed by atoms with E-state index in [1.807, 2.05) is 4.90 Å². The zero-order valence-electron chi connectivity index (χ0n) is 22.9. The van der Waals surface area contributed by atoms with E-state index in [1.165, 1.54) is 22.9 Å². The number of amides is 2. The summed E-state index contributed by atoms with van der Waals surface area (Å²) in [5.74, 6) is -1.31. The number of anilines is 2. The number of alkyl halides is 3. The maximum atomic E-state index is 14.5. The molecule has 41 heavy (non-hydrogen) atoms. The Bertz CT molecular complexity index is 1630. The second kappa shape index (κ2) is 10.2. The number of aromatic nitrogens is 4. The van der Waals surface area contributed by atoms with Gasteiger partial charge in [0.05, 0.1) is 16.9 Å². The smallest absolute Gasteiger partial charge is 0.410 e. The zero-order chi connectivity index (χ0) is 29.7. The van der Waals surface area contributed by atoms with Gasteiger partial charge in [-0.15, -0.1) is 0 Å². The average molecular weight is 576 g/mol. The number of aryl methyl sites for hydroxylation is 1. The van der Waals surface area contributed by atoms with E-state index in [-0.39, 0.29) is 22.4 Å². The zero-order valence-corrected chi connectivity index (χ0v) is 22.9. The number of nitrogens with zero attached hydrogens (tertiary/aromatic N) is 6. The van der Waals surface area contributed by atoms with Gasteiger partial charge in [-0.25, -0.2) is 14.2 Å². The molecule has 0 saturated carbocycles. The lowest BCUT2D eigenvalue weighted by Gasteiger charge is -2.37. The number of benzene rings is 1. The number of imidazole rings is 1. The van der Waals surface area contributed by atoms with Gasteiger partial charge in [0.15, 0.2) is 11.5 Å². The van der Waals surface area contributed by atoms with E-state index in [0.29, 0.717) is 42.9 Å². The first-order chi connectivity index (χ1) is 19.2. The minimum absolute atomic E-state index is 0.0272. The largest absolute Gasteiger partial charge is 0.444 e. The fourth-order valence-corrected chi connectivity index (χ4v) is 4.76. The SMILES string of the molecule is Cc1cn2cc(NC(=O)c3ccc(N4CCN(C(=O)OC(C)(C)C)CC4)c4cn(CC(F)(F)F)nc34)cc(F)c2n1. The fourth-order valence-electron chi connectivity index (χ4n) is 4.76. The number of hydrogen-bond donors (Lipinski definition) is 1. The summed E-state index contributed by atoms with van der Waals surface area (Å²) in [6, 6.07) is 4.25. The van der Waals surface area contributed by atoms with Gasteiger partial charge < -0.3 is 24.3 Å². The van der Waals surface area contributed by atoms with E-state index < -0.39 is 36.1 Å². The Labute approximate surface area is 232 Å². The standard InChI is InChI=1S/C27H29F4N7O3/c1-16-12-37-13-17(11-20(28)23(37)32-16)33-24(39)18-5-6-21(19-14-38(34-22(18)19)15-27(29,30)31)35-7-9-36(10-8-35)25(40)41-26(2,3)4/h5-6,11-14H,7-10,15H2,1-4H3,(H,33,39). The molecule has 14 heteroatoms. The highest BCUT2D eigenvalue weighted by Gasteiger charge is 2.31. The van der Waals surface area contributed by atoms with Crippen LogP contribution in [0.15, 0.2) is 36.8 Å². The normalized spacial score (nSPS) is 14.6. The van der Waals surface area contributed by atoms with E-state index >= 15 is 0 Å². The molecule has 1 saturated heterocycles. The number of ether oxygens (including phenoxy) is 1. The molecular weight excluding hydrogens is 546 g/mol. The molecule has 4 heterocycles. The predicted octanol–water partition coefficient (Wildman–Crippen LogP) is 5.00. The van der Waals surface area contributed by atoms with Crippen molar-refractivity contribution in [3.05, 3.63) is 53.9 Å². The molecule has 0 radical (unpaired) electrons. The molecule has 1 N–H and O–H groups in total. The molecule has 10 nitrogen and oxygen atoms in total. The van der Waals surface area contributed by atoms with Crippen LogP contribution in [0.3, 0.4) is 0 Å². The summed E-state index contributed by atoms with van der Waals surface area (Å²) >= 11 is 0. The van der Waals surface area contributed by atoms with Gasteiger partial charge in [-0.3, -0.25) is 9.48 Å². The molecule has 0 aliphatic carbocycles. The Morgan fingerprint density at radius 2 is 1.76 bits per heavy atom. The number of fused-ring (bicyclic) bond motifs is 2. The van der Waals surface area contributed by atoms with Crippen LogP contribution in [-0.4, -0.2) is 74.0 Å². The molecule has 0 atom stereocenters. The summed E-state index contributed by atoms with van der Waals surface area (Å²) in [5.41, 5.74) is 0.867. The van der Waals surface area contributed by atoms with Crippen LogP contribution in [-0.2, 0) is 11.3 Å². The van der Waals surface area contributed by atoms with Crippen molar-refractivity contribution in [3.63, 3.8) is 0 Å². The van der Waals surface area contributed by atoms with Crippen molar-refractivity contribution in [3.8, 4) is 0 Å². The van der Waals surface area contributed by atoms with Gasteiger partial charge in [0.1, 0.15) is 17.7 Å². The minimum Gasteiger partial charge on any atom is -0.444 e. The Hall–Kier alpha value is -4.36. The molecule has 0 unspecified atom stereocenters. The van der Waals surface area contributed by atoms with Crippen molar-refractivity contribution in [2.45, 2.75) is 46.0 Å². The van der Waals surface area contributed by atoms with Crippen LogP contribution in [0.1, 0.15) is 36.8 Å². The molecule has 1 fully saturated rings. The summed E-state index contributed by atoms with van der Waals surface area (Å²) in [4.78, 5) is 33.3. The Kier molecular flexibility index (Phi) is 7.03. The number of rotatable bonds is 4. The molecule has 0 bridgehead atoms. The average Bonchev–Trinajstić information content (AvgIpc) is 3.44. The number of pyridine rings is 1. The first kappa shape index (κ1) is 28.2. The number of hydrogen-bond acceptors (Lipinski definition) is 6. The highest BCUT2D eigenvalue weighted by molar-refractivity contribution is 6.14. The Morgan fingerprint density at radius 3 is 2.41 bits per heavy atom. The third kappa shape index (κ3) is 6.20. The summed E-state index contributed by atoms with van der Waals surface area (Å²) in [5, 5.41) is 7.07. The predicted molar refractivity (Wildman–Crippen MR) is 144 cm³/mol. The van der Waals surface area contributed by atoms with Gasteiger partial charge >= 0.3 is 12.3 Å². The minimum atomic E-state index is -4.53. The third-order valence-electron chi connectivity index (χ3n) is 6.44. The Morgan fingerprint density at radius 1 is 1.05 bits per heavy atom. The summed E-state index contributed by atoms with van der Waals surface area (Å²) in [6.45, 7) is 7.19. The Balaban J connectivity index is 1.44. The molecule has 3 aromatic heterocycles. The van der Waals surface area contributed by atoms with Crippen LogP contribution in [0.25, 0.3) is 16.6 Å². The molecule has 0 spiro atoms. The van der Waals surface area contributed by atoms with E-state index in [2.05, 4.69) is 15.4 Å². The number of carbonyl (C=O) groups is 2. The molecule has 4 aromatic rings. The van der Waals surface area contributed by atoms with Crippen LogP contribution in [0.5, 0.6) is 0 Å². The first-order valence-corrected chi connectivity index (χ1v) is 12.9. The monoisotopic (exact) mass is 575 g/mol. The van der Waals surface area contributed by atoms with E-state index in [4.69, 9.17) is 4.74 Å². The maximum Gasteiger partial charge on any atom is 0.410 e. The van der Waals surface area contributed by atoms with Crippen molar-refractivity contribution >= 4 is 39.9 Å². The van der Waals surface area contributed by atoms with Crippen molar-refractivity contribution < 1.29 is 31.9 Å². The highest BCUT2D eigenvalue weighted by Crippen LogP contribution is 2.32. The van der Waals surface area contributed by atoms with Crippen LogP contribution >= 0.6 is 0 Å². The van der Waals surface area contributed by atoms with Crippen molar-refractivity contribution in [2.24, 2.45) is 0 Å². The first-order valence-electron chi connectivity index (χ1n) is 12.9. The highest BCUT2D eigenvalue weighted by atomic mass is 19.4. The molecular formula is C27H29F4N7O3. The molecule has 5 rings (SSSR count). The summed E-state index contributed by atoms with van der Waals surface area (Å²) in [7, 11) is 0. The second-order valence-corrected chi connectivity index (χ2v) is 10.9. The van der Waals surface area contributed by atoms with Crippen LogP contribution in [0.4, 0.5) is 33.7 Å². The molecule has 1 aliphatic heterocycles. The summed E-state index contributed by atoms with van der Waals surface area (Å²) in [6.07, 6.45) is -0.612. The maximum absolute atomic E-state index is 14.5. The van der Waals surface area contributed by atoms with Crippen LogP contribution < -0.4 is 10.2 Å². The van der Waals surface area contributed by atoms with Crippen molar-refractivity contribution in [1.82, 2.24) is 24.1 Å². The number of piperazine rings is 1. The van der Waals surface area contributed by atoms with E-state index in [9.17, 15) is 27.2 Å². The quantitative estimate of drug-likeness (QED) is 0.344. The van der Waals surface area contributed by atoms with Crippen LogP contribution in [0, 0.1) is 12.7 Å². The lowest BCUT2D eigenvalue weighted by atomic mass is 10.1. The number of halogens is 4. The third-order valence-corrected chi connectivity index (χ3v) is 6.44. The lowest BCUT2D eigenvalue weighted by Crippen LogP contribution is -2.50. The van der Waals surface area contributed by atoms with Crippen molar-refractivity contribution in [2.75, 3.05) is 36.4 Å². The van der Waals surface area contributed by atoms with Gasteiger partial charge in [-0.1, -0.05) is 0 Å². The van der Waals surface area contributed by atoms with Crippen LogP contribution in [0.2, 0.25) is 0 Å². The molecule has 218 valence electrons. The lowest BCUT2D eigenvalue weighted by molar-refractivity contribution is -0.142. The fraction of sp³-hybridized carbons (Fsp3) is 0.407. The van der Waals surface area contributed by atoms with Gasteiger partial charge in [0.2, 0.25) is 0 Å². The van der Waals surface area contributed by atoms with Gasteiger partial charge in [0.25, 0.3) is 5.91 Å². The van der Waals surface area contributed by atoms with Gasteiger partial charge in [-0.2, -0.15) is 18.3 Å². The number of nitrogens with one attached hydrogen (secondary N) is 1. The van der Waals surface area contributed by atoms with Gasteiger partial charge in [0, 0.05) is 61.9 Å². The van der Waals surface area contributed by atoms with E-state index in [1.54, 1.807) is 44.9 Å². The molecule has 2 amide bonds. The topological polar surface area (TPSA) is 97.0 Å². The molecule has 1 aromatic carbocycles. The summed E-state index contributed by atoms with van der Waals surface area (Å²) < 4.78 is 61.9. The van der Waals surface area contributed by atoms with Gasteiger partial charge in [-0.05, 0) is 39.8 Å². The van der Waals surface area contributed by atoms with E-state index in [0.717, 1.165) is 10.7 Å². The second-order valence-electron chi connectivity index (χ2n) is 10.9. The number of carbonyl (C=O) groups excluding carboxylic acids is 2.